The number of benzene rings is 2. The molecule has 1 fully saturated rings. The van der Waals surface area contributed by atoms with E-state index in [-0.39, 0.29) is 12.5 Å². The van der Waals surface area contributed by atoms with Gasteiger partial charge in [0.1, 0.15) is 12.4 Å². The third-order valence-corrected chi connectivity index (χ3v) is 4.91. The number of hydrogen-bond donors (Lipinski definition) is 0. The maximum atomic E-state index is 12.2. The molecule has 5 nitrogen and oxygen atoms in total. The van der Waals surface area contributed by atoms with Crippen LogP contribution in [0.3, 0.4) is 0 Å². The molecule has 0 aromatic heterocycles. The lowest BCUT2D eigenvalue weighted by molar-refractivity contribution is -0.161. The van der Waals surface area contributed by atoms with Crippen molar-refractivity contribution in [2.45, 2.75) is 19.3 Å². The second kappa shape index (κ2) is 8.18. The monoisotopic (exact) mass is 378 g/mol. The molecule has 2 aromatic rings. The Morgan fingerprint density at radius 2 is 1.79 bits per heavy atom. The van der Waals surface area contributed by atoms with Crippen molar-refractivity contribution in [2.24, 2.45) is 5.41 Å². The summed E-state index contributed by atoms with van der Waals surface area (Å²) in [6, 6.07) is 15.3. The van der Waals surface area contributed by atoms with Crippen molar-refractivity contribution in [1.82, 2.24) is 0 Å². The number of ether oxygens (including phenoxy) is 3. The van der Waals surface area contributed by atoms with Gasteiger partial charge in [-0.25, -0.2) is 0 Å². The fraction of sp³-hybridized carbons (Fsp3) is 0.304. The predicted molar refractivity (Wildman–Crippen MR) is 104 cm³/mol. The van der Waals surface area contributed by atoms with E-state index in [4.69, 9.17) is 14.2 Å². The number of methoxy groups -OCH3 is 2. The van der Waals surface area contributed by atoms with Crippen molar-refractivity contribution < 1.29 is 23.8 Å². The van der Waals surface area contributed by atoms with E-state index in [0.717, 1.165) is 16.7 Å². The van der Waals surface area contributed by atoms with Gasteiger partial charge in [-0.2, -0.15) is 0 Å². The zero-order valence-corrected chi connectivity index (χ0v) is 16.2. The number of aryl methyl sites for hydroxylation is 1. The molecule has 3 rings (SSSR count). The molecule has 28 heavy (non-hydrogen) atoms. The van der Waals surface area contributed by atoms with E-state index in [1.54, 1.807) is 6.07 Å². The Labute approximate surface area is 164 Å². The van der Waals surface area contributed by atoms with E-state index >= 15 is 0 Å². The normalized spacial score (nSPS) is 16.3. The third kappa shape index (κ3) is 3.72. The zero-order chi connectivity index (χ0) is 20.1. The van der Waals surface area contributed by atoms with E-state index < -0.39 is 17.4 Å². The van der Waals surface area contributed by atoms with Crippen LogP contribution in [0.25, 0.3) is 0 Å². The highest BCUT2D eigenvalue weighted by Gasteiger charge is 2.69. The fourth-order valence-corrected chi connectivity index (χ4v) is 3.41. The van der Waals surface area contributed by atoms with Crippen LogP contribution in [0.15, 0.2) is 48.5 Å². The van der Waals surface area contributed by atoms with Gasteiger partial charge in [0, 0.05) is 11.5 Å². The van der Waals surface area contributed by atoms with Crippen LogP contribution in [0.4, 0.5) is 0 Å². The van der Waals surface area contributed by atoms with Crippen LogP contribution in [-0.2, 0) is 19.1 Å². The number of carbonyl (C=O) groups is 2. The summed E-state index contributed by atoms with van der Waals surface area (Å²) in [5, 5.41) is 0. The lowest BCUT2D eigenvalue weighted by atomic mass is 9.98. The maximum absolute atomic E-state index is 12.2. The molecule has 0 spiro atoms. The van der Waals surface area contributed by atoms with Crippen LogP contribution in [0.5, 0.6) is 5.75 Å². The molecule has 0 N–H and O–H groups in total. The zero-order valence-electron chi connectivity index (χ0n) is 16.2. The minimum absolute atomic E-state index is 0.196. The molecular weight excluding hydrogens is 356 g/mol. The molecule has 0 bridgehead atoms. The first kappa shape index (κ1) is 19.5. The van der Waals surface area contributed by atoms with Gasteiger partial charge in [0.25, 0.3) is 0 Å². The summed E-state index contributed by atoms with van der Waals surface area (Å²) in [6.07, 6.45) is 0.335. The average molecular weight is 378 g/mol. The molecule has 1 saturated carbocycles. The van der Waals surface area contributed by atoms with Gasteiger partial charge in [0.2, 0.25) is 0 Å². The van der Waals surface area contributed by atoms with Crippen molar-refractivity contribution >= 4 is 11.9 Å². The van der Waals surface area contributed by atoms with Crippen molar-refractivity contribution in [1.29, 1.82) is 0 Å². The minimum Gasteiger partial charge on any atom is -0.481 e. The average Bonchev–Trinajstić information content (AvgIpc) is 3.47. The van der Waals surface area contributed by atoms with Crippen molar-refractivity contribution in [3.63, 3.8) is 0 Å². The summed E-state index contributed by atoms with van der Waals surface area (Å²) < 4.78 is 15.5. The molecule has 0 aliphatic heterocycles. The molecule has 1 atom stereocenters. The van der Waals surface area contributed by atoms with Gasteiger partial charge in [0.05, 0.1) is 14.2 Å². The Bertz CT molecular complexity index is 935. The minimum atomic E-state index is -1.30. The molecule has 0 radical (unpaired) electrons. The second-order valence-electron chi connectivity index (χ2n) is 6.71. The topological polar surface area (TPSA) is 61.8 Å². The largest absolute Gasteiger partial charge is 0.481 e. The van der Waals surface area contributed by atoms with Gasteiger partial charge in [-0.05, 0) is 42.7 Å². The summed E-state index contributed by atoms with van der Waals surface area (Å²) in [4.78, 5) is 24.5. The Kier molecular flexibility index (Phi) is 5.70. The molecule has 1 aliphatic carbocycles. The van der Waals surface area contributed by atoms with E-state index in [0.29, 0.717) is 12.2 Å². The van der Waals surface area contributed by atoms with Gasteiger partial charge in [-0.1, -0.05) is 42.2 Å². The number of rotatable bonds is 5. The van der Waals surface area contributed by atoms with E-state index in [2.05, 4.69) is 11.8 Å². The first-order valence-corrected chi connectivity index (χ1v) is 8.97. The van der Waals surface area contributed by atoms with Crippen LogP contribution in [0.1, 0.15) is 29.0 Å². The first-order chi connectivity index (χ1) is 13.5. The lowest BCUT2D eigenvalue weighted by Gasteiger charge is -2.14. The van der Waals surface area contributed by atoms with Gasteiger partial charge < -0.3 is 14.2 Å². The van der Waals surface area contributed by atoms with Crippen LogP contribution in [0.2, 0.25) is 0 Å². The SMILES string of the molecule is COC(=O)C1(C(=O)OC)CC1c1ccccc1OCC#Cc1cccc(C)c1. The third-order valence-electron chi connectivity index (χ3n) is 4.91. The molecule has 144 valence electrons. The van der Waals surface area contributed by atoms with E-state index in [1.165, 1.54) is 14.2 Å². The highest BCUT2D eigenvalue weighted by molar-refractivity contribution is 6.05. The molecule has 0 saturated heterocycles. The summed E-state index contributed by atoms with van der Waals surface area (Å²) >= 11 is 0. The summed E-state index contributed by atoms with van der Waals surface area (Å²) in [5.41, 5.74) is 1.55. The van der Waals surface area contributed by atoms with Gasteiger partial charge in [0.15, 0.2) is 5.41 Å². The molecule has 0 heterocycles. The van der Waals surface area contributed by atoms with Crippen molar-refractivity contribution in [2.75, 3.05) is 20.8 Å². The van der Waals surface area contributed by atoms with E-state index in [1.807, 2.05) is 49.4 Å². The Morgan fingerprint density at radius 3 is 2.46 bits per heavy atom. The van der Waals surface area contributed by atoms with Gasteiger partial charge >= 0.3 is 11.9 Å². The molecule has 5 heteroatoms. The standard InChI is InChI=1S/C23H22O5/c1-16-8-6-9-17(14-16)10-7-13-28-20-12-5-4-11-18(20)19-15-23(19,21(24)26-2)22(25)27-3/h4-6,8-9,11-12,14,19H,13,15H2,1-3H3. The molecule has 2 aromatic carbocycles. The smallest absolute Gasteiger partial charge is 0.323 e. The van der Waals surface area contributed by atoms with E-state index in [9.17, 15) is 9.59 Å². The summed E-state index contributed by atoms with van der Waals surface area (Å²) in [5.74, 6) is 5.15. The van der Waals surface area contributed by atoms with Crippen molar-refractivity contribution in [3.05, 3.63) is 65.2 Å². The molecule has 0 amide bonds. The molecular formula is C23H22O5. The van der Waals surface area contributed by atoms with Gasteiger partial charge in [-0.15, -0.1) is 0 Å². The number of carbonyl (C=O) groups excluding carboxylic acids is 2. The molecule has 1 aliphatic rings. The Morgan fingerprint density at radius 1 is 1.07 bits per heavy atom. The lowest BCUT2D eigenvalue weighted by Crippen LogP contribution is -2.30. The highest BCUT2D eigenvalue weighted by atomic mass is 16.5. The predicted octanol–water partition coefficient (Wildman–Crippen LogP) is 3.25. The number of para-hydroxylation sites is 1. The Balaban J connectivity index is 1.76. The number of hydrogen-bond acceptors (Lipinski definition) is 5. The van der Waals surface area contributed by atoms with Crippen LogP contribution >= 0.6 is 0 Å². The highest BCUT2D eigenvalue weighted by Crippen LogP contribution is 2.62. The molecule has 1 unspecified atom stereocenters. The quantitative estimate of drug-likeness (QED) is 0.454. The maximum Gasteiger partial charge on any atom is 0.323 e. The second-order valence-corrected chi connectivity index (χ2v) is 6.71. The fourth-order valence-electron chi connectivity index (χ4n) is 3.41. The van der Waals surface area contributed by atoms with Crippen LogP contribution in [0, 0.1) is 24.2 Å². The summed E-state index contributed by atoms with van der Waals surface area (Å²) in [6.45, 7) is 2.21. The Hall–Kier alpha value is -3.26. The first-order valence-electron chi connectivity index (χ1n) is 8.97. The number of esters is 2. The van der Waals surface area contributed by atoms with Crippen molar-refractivity contribution in [3.8, 4) is 17.6 Å². The van der Waals surface area contributed by atoms with Crippen LogP contribution in [-0.4, -0.2) is 32.8 Å². The van der Waals surface area contributed by atoms with Crippen LogP contribution < -0.4 is 4.74 Å². The van der Waals surface area contributed by atoms with Gasteiger partial charge in [-0.3, -0.25) is 9.59 Å². The summed E-state index contributed by atoms with van der Waals surface area (Å²) in [7, 11) is 2.54.